The molecule has 8 nitrogen and oxygen atoms in total. The highest BCUT2D eigenvalue weighted by Gasteiger charge is 2.22. The van der Waals surface area contributed by atoms with Crippen LogP contribution in [0.3, 0.4) is 0 Å². The smallest absolute Gasteiger partial charge is 0.242 e. The van der Waals surface area contributed by atoms with Gasteiger partial charge in [0.1, 0.15) is 13.2 Å². The molecule has 2 heterocycles. The van der Waals surface area contributed by atoms with E-state index in [4.69, 9.17) is 25.6 Å². The third-order valence-corrected chi connectivity index (χ3v) is 5.92. The molecular formula is C19H18ClN3O5S. The van der Waals surface area contributed by atoms with Crippen LogP contribution in [-0.4, -0.2) is 42.3 Å². The molecule has 1 aliphatic rings. The fraction of sp³-hybridized carbons (Fsp3) is 0.263. The van der Waals surface area contributed by atoms with E-state index in [9.17, 15) is 8.42 Å². The van der Waals surface area contributed by atoms with E-state index < -0.39 is 10.0 Å². The molecule has 4 rings (SSSR count). The van der Waals surface area contributed by atoms with Gasteiger partial charge in [-0.15, -0.1) is 0 Å². The fourth-order valence-electron chi connectivity index (χ4n) is 2.88. The van der Waals surface area contributed by atoms with Gasteiger partial charge in [0.05, 0.1) is 12.8 Å². The molecule has 0 N–H and O–H groups in total. The van der Waals surface area contributed by atoms with Crippen molar-refractivity contribution < 1.29 is 22.4 Å². The van der Waals surface area contributed by atoms with Gasteiger partial charge in [-0.25, -0.2) is 8.42 Å². The monoisotopic (exact) mass is 435 g/mol. The summed E-state index contributed by atoms with van der Waals surface area (Å²) in [6.07, 6.45) is 1.13. The van der Waals surface area contributed by atoms with Gasteiger partial charge in [-0.2, -0.15) is 9.29 Å². The van der Waals surface area contributed by atoms with Crippen LogP contribution in [0.4, 0.5) is 0 Å². The van der Waals surface area contributed by atoms with E-state index in [0.29, 0.717) is 46.7 Å². The Kier molecular flexibility index (Phi) is 5.44. The topological polar surface area (TPSA) is 94.8 Å². The molecule has 0 spiro atoms. The maximum Gasteiger partial charge on any atom is 0.242 e. The van der Waals surface area contributed by atoms with Crippen LogP contribution in [0.2, 0.25) is 5.02 Å². The van der Waals surface area contributed by atoms with Crippen molar-refractivity contribution in [1.29, 1.82) is 0 Å². The highest BCUT2D eigenvalue weighted by molar-refractivity contribution is 7.88. The predicted molar refractivity (Wildman–Crippen MR) is 106 cm³/mol. The van der Waals surface area contributed by atoms with Crippen LogP contribution in [0, 0.1) is 0 Å². The van der Waals surface area contributed by atoms with Crippen LogP contribution < -0.4 is 9.47 Å². The zero-order chi connectivity index (χ0) is 20.4. The summed E-state index contributed by atoms with van der Waals surface area (Å²) in [5.41, 5.74) is 1.37. The van der Waals surface area contributed by atoms with Crippen molar-refractivity contribution in [1.82, 2.24) is 14.4 Å². The second kappa shape index (κ2) is 8.02. The quantitative estimate of drug-likeness (QED) is 0.587. The van der Waals surface area contributed by atoms with Crippen LogP contribution in [0.1, 0.15) is 11.5 Å². The number of nitrogens with zero attached hydrogens (tertiary/aromatic N) is 3. The van der Waals surface area contributed by atoms with E-state index in [1.807, 2.05) is 0 Å². The van der Waals surface area contributed by atoms with Gasteiger partial charge < -0.3 is 14.0 Å². The lowest BCUT2D eigenvalue weighted by Crippen LogP contribution is -2.29. The molecule has 0 saturated heterocycles. The lowest BCUT2D eigenvalue weighted by atomic mass is 10.2. The summed E-state index contributed by atoms with van der Waals surface area (Å²) in [7, 11) is -3.54. The van der Waals surface area contributed by atoms with Gasteiger partial charge >= 0.3 is 0 Å². The molecule has 0 atom stereocenters. The van der Waals surface area contributed by atoms with Crippen molar-refractivity contribution in [2.75, 3.05) is 19.5 Å². The molecule has 0 aliphatic carbocycles. The van der Waals surface area contributed by atoms with Crippen LogP contribution >= 0.6 is 11.6 Å². The van der Waals surface area contributed by atoms with E-state index in [1.165, 1.54) is 4.31 Å². The Hall–Kier alpha value is -2.62. The molecule has 0 fully saturated rings. The highest BCUT2D eigenvalue weighted by Crippen LogP contribution is 2.33. The number of aromatic nitrogens is 2. The molecule has 3 aromatic rings. The predicted octanol–water partition coefficient (Wildman–Crippen LogP) is 3.12. The first-order valence-electron chi connectivity index (χ1n) is 8.81. The van der Waals surface area contributed by atoms with Crippen LogP contribution in [0.5, 0.6) is 11.5 Å². The Balaban J connectivity index is 1.55. The van der Waals surface area contributed by atoms with Crippen molar-refractivity contribution in [3.8, 4) is 22.9 Å². The molecule has 152 valence electrons. The number of halogens is 1. The Labute approximate surface area is 173 Å². The van der Waals surface area contributed by atoms with Crippen molar-refractivity contribution in [2.24, 2.45) is 0 Å². The second-order valence-electron chi connectivity index (χ2n) is 6.49. The summed E-state index contributed by atoms with van der Waals surface area (Å²) < 4.78 is 42.1. The van der Waals surface area contributed by atoms with Crippen molar-refractivity contribution in [3.05, 3.63) is 58.9 Å². The highest BCUT2D eigenvalue weighted by atomic mass is 35.5. The van der Waals surface area contributed by atoms with Gasteiger partial charge in [-0.3, -0.25) is 0 Å². The van der Waals surface area contributed by atoms with Gasteiger partial charge in [0.2, 0.25) is 21.7 Å². The number of sulfonamides is 1. The average Bonchev–Trinajstić information content (AvgIpc) is 3.17. The van der Waals surface area contributed by atoms with Gasteiger partial charge in [0.15, 0.2) is 11.5 Å². The Bertz CT molecular complexity index is 1130. The number of hydrogen-bond donors (Lipinski definition) is 0. The standard InChI is InChI=1S/C19H18ClN3O5S/c1-29(24,25)23(11-14-4-2-3-5-15(14)20)12-18-21-19(22-28-18)13-6-7-16-17(10-13)27-9-8-26-16/h2-7,10H,8-9,11-12H2,1H3. The first kappa shape index (κ1) is 19.7. The molecule has 1 aliphatic heterocycles. The van der Waals surface area contributed by atoms with Gasteiger partial charge in [0.25, 0.3) is 0 Å². The summed E-state index contributed by atoms with van der Waals surface area (Å²) in [5.74, 6) is 1.78. The minimum atomic E-state index is -3.54. The normalized spacial score (nSPS) is 13.6. The third kappa shape index (κ3) is 4.52. The molecule has 0 radical (unpaired) electrons. The summed E-state index contributed by atoms with van der Waals surface area (Å²) >= 11 is 6.17. The SMILES string of the molecule is CS(=O)(=O)N(Cc1nc(-c2ccc3c(c2)OCCO3)no1)Cc1ccccc1Cl. The number of ether oxygens (including phenoxy) is 2. The van der Waals surface area contributed by atoms with Crippen molar-refractivity contribution in [2.45, 2.75) is 13.1 Å². The van der Waals surface area contributed by atoms with E-state index >= 15 is 0 Å². The van der Waals surface area contributed by atoms with Gasteiger partial charge in [0, 0.05) is 17.1 Å². The molecule has 2 aromatic carbocycles. The molecule has 0 saturated carbocycles. The Morgan fingerprint density at radius 3 is 2.59 bits per heavy atom. The largest absolute Gasteiger partial charge is 0.486 e. The number of fused-ring (bicyclic) bond motifs is 1. The molecule has 1 aromatic heterocycles. The number of benzene rings is 2. The maximum atomic E-state index is 12.3. The number of rotatable bonds is 6. The molecule has 0 amide bonds. The zero-order valence-electron chi connectivity index (χ0n) is 15.5. The number of hydrogen-bond acceptors (Lipinski definition) is 7. The van der Waals surface area contributed by atoms with E-state index in [1.54, 1.807) is 42.5 Å². The van der Waals surface area contributed by atoms with Crippen LogP contribution in [-0.2, 0) is 23.1 Å². The Morgan fingerprint density at radius 2 is 1.83 bits per heavy atom. The molecule has 10 heteroatoms. The van der Waals surface area contributed by atoms with E-state index in [2.05, 4.69) is 10.1 Å². The molecule has 0 bridgehead atoms. The first-order valence-corrected chi connectivity index (χ1v) is 11.0. The second-order valence-corrected chi connectivity index (χ2v) is 8.88. The average molecular weight is 436 g/mol. The summed E-state index contributed by atoms with van der Waals surface area (Å²) in [5, 5.41) is 4.45. The fourth-order valence-corrected chi connectivity index (χ4v) is 3.79. The van der Waals surface area contributed by atoms with E-state index in [-0.39, 0.29) is 19.0 Å². The minimum Gasteiger partial charge on any atom is -0.486 e. The zero-order valence-corrected chi connectivity index (χ0v) is 17.1. The Morgan fingerprint density at radius 1 is 1.07 bits per heavy atom. The summed E-state index contributed by atoms with van der Waals surface area (Å²) in [4.78, 5) is 4.33. The summed E-state index contributed by atoms with van der Waals surface area (Å²) in [6, 6.07) is 12.4. The maximum absolute atomic E-state index is 12.3. The van der Waals surface area contributed by atoms with Gasteiger partial charge in [-0.1, -0.05) is 35.0 Å². The molecule has 29 heavy (non-hydrogen) atoms. The first-order chi connectivity index (χ1) is 13.9. The minimum absolute atomic E-state index is 0.0678. The van der Waals surface area contributed by atoms with E-state index in [0.717, 1.165) is 6.26 Å². The van der Waals surface area contributed by atoms with Gasteiger partial charge in [-0.05, 0) is 29.8 Å². The van der Waals surface area contributed by atoms with Crippen LogP contribution in [0.15, 0.2) is 47.0 Å². The summed E-state index contributed by atoms with van der Waals surface area (Å²) in [6.45, 7) is 1.01. The van der Waals surface area contributed by atoms with Crippen molar-refractivity contribution in [3.63, 3.8) is 0 Å². The lowest BCUT2D eigenvalue weighted by molar-refractivity contribution is 0.171. The van der Waals surface area contributed by atoms with Crippen LogP contribution in [0.25, 0.3) is 11.4 Å². The molecular weight excluding hydrogens is 418 g/mol. The molecule has 0 unspecified atom stereocenters. The van der Waals surface area contributed by atoms with Crippen molar-refractivity contribution >= 4 is 21.6 Å². The third-order valence-electron chi connectivity index (χ3n) is 4.35. The lowest BCUT2D eigenvalue weighted by Gasteiger charge is -2.18.